The summed E-state index contributed by atoms with van der Waals surface area (Å²) in [5, 5.41) is 0. The molecule has 0 heterocycles. The van der Waals surface area contributed by atoms with Gasteiger partial charge < -0.3 is 15.2 Å². The van der Waals surface area contributed by atoms with Crippen LogP contribution in [0.5, 0.6) is 5.75 Å². The van der Waals surface area contributed by atoms with E-state index >= 15 is 0 Å². The summed E-state index contributed by atoms with van der Waals surface area (Å²) in [5.41, 5.74) is 7.08. The van der Waals surface area contributed by atoms with Crippen LogP contribution in [0, 0.1) is 0 Å². The van der Waals surface area contributed by atoms with Gasteiger partial charge in [-0.25, -0.2) is 4.79 Å². The van der Waals surface area contributed by atoms with Crippen molar-refractivity contribution < 1.29 is 14.3 Å². The molecule has 19 heavy (non-hydrogen) atoms. The van der Waals surface area contributed by atoms with E-state index < -0.39 is 6.10 Å². The minimum atomic E-state index is -0.594. The van der Waals surface area contributed by atoms with Gasteiger partial charge in [-0.15, -0.1) is 0 Å². The van der Waals surface area contributed by atoms with E-state index in [2.05, 4.69) is 6.92 Å². The summed E-state index contributed by atoms with van der Waals surface area (Å²) in [4.78, 5) is 11.4. The normalized spacial score (nSPS) is 13.7. The Bertz CT molecular complexity index is 389. The van der Waals surface area contributed by atoms with Crippen LogP contribution in [0.3, 0.4) is 0 Å². The topological polar surface area (TPSA) is 61.5 Å². The molecule has 0 saturated heterocycles. The molecule has 4 nitrogen and oxygen atoms in total. The van der Waals surface area contributed by atoms with Crippen LogP contribution in [0.2, 0.25) is 0 Å². The van der Waals surface area contributed by atoms with E-state index in [1.807, 2.05) is 24.3 Å². The fourth-order valence-electron chi connectivity index (χ4n) is 1.66. The molecule has 2 unspecified atom stereocenters. The van der Waals surface area contributed by atoms with Crippen molar-refractivity contribution >= 4 is 5.97 Å². The third kappa shape index (κ3) is 5.30. The van der Waals surface area contributed by atoms with Gasteiger partial charge in [0.15, 0.2) is 6.10 Å². The Labute approximate surface area is 114 Å². The van der Waals surface area contributed by atoms with Crippen LogP contribution in [0.4, 0.5) is 0 Å². The van der Waals surface area contributed by atoms with Crippen LogP contribution in [-0.4, -0.2) is 24.7 Å². The molecule has 106 valence electrons. The first-order valence-corrected chi connectivity index (χ1v) is 6.74. The van der Waals surface area contributed by atoms with Crippen LogP contribution in [0.1, 0.15) is 32.8 Å². The highest BCUT2D eigenvalue weighted by Crippen LogP contribution is 2.15. The lowest BCUT2D eigenvalue weighted by Crippen LogP contribution is -2.26. The number of rotatable bonds is 7. The highest BCUT2D eigenvalue weighted by atomic mass is 16.6. The van der Waals surface area contributed by atoms with E-state index in [9.17, 15) is 4.79 Å². The average Bonchev–Trinajstić information content (AvgIpc) is 2.41. The standard InChI is InChI=1S/C15H23NO3/c1-4-13(16)10-12-6-8-14(9-7-12)19-11(3)15(17)18-5-2/h6-9,11,13H,4-5,10,16H2,1-3H3. The predicted molar refractivity (Wildman–Crippen MR) is 75.1 cm³/mol. The first-order valence-electron chi connectivity index (χ1n) is 6.74. The lowest BCUT2D eigenvalue weighted by molar-refractivity contribution is -0.150. The van der Waals surface area contributed by atoms with Gasteiger partial charge in [0.25, 0.3) is 0 Å². The van der Waals surface area contributed by atoms with E-state index in [1.165, 1.54) is 5.56 Å². The summed E-state index contributed by atoms with van der Waals surface area (Å²) < 4.78 is 10.4. The van der Waals surface area contributed by atoms with Gasteiger partial charge in [-0.3, -0.25) is 0 Å². The Morgan fingerprint density at radius 1 is 1.26 bits per heavy atom. The van der Waals surface area contributed by atoms with Crippen LogP contribution in [0.15, 0.2) is 24.3 Å². The van der Waals surface area contributed by atoms with Gasteiger partial charge in [-0.05, 0) is 44.4 Å². The summed E-state index contributed by atoms with van der Waals surface area (Å²) in [6.45, 7) is 5.89. The monoisotopic (exact) mass is 265 g/mol. The number of hydrogen-bond acceptors (Lipinski definition) is 4. The fraction of sp³-hybridized carbons (Fsp3) is 0.533. The molecule has 0 aliphatic carbocycles. The molecule has 0 aromatic heterocycles. The second-order valence-corrected chi connectivity index (χ2v) is 4.53. The van der Waals surface area contributed by atoms with Gasteiger partial charge in [0.2, 0.25) is 0 Å². The van der Waals surface area contributed by atoms with Gasteiger partial charge >= 0.3 is 5.97 Å². The second-order valence-electron chi connectivity index (χ2n) is 4.53. The van der Waals surface area contributed by atoms with Crippen molar-refractivity contribution in [3.05, 3.63) is 29.8 Å². The van der Waals surface area contributed by atoms with Gasteiger partial charge in [0, 0.05) is 6.04 Å². The third-order valence-corrected chi connectivity index (χ3v) is 2.88. The first kappa shape index (κ1) is 15.5. The molecule has 2 N–H and O–H groups in total. The Morgan fingerprint density at radius 3 is 2.42 bits per heavy atom. The lowest BCUT2D eigenvalue weighted by Gasteiger charge is -2.14. The summed E-state index contributed by atoms with van der Waals surface area (Å²) in [5.74, 6) is 0.314. The molecule has 0 saturated carbocycles. The van der Waals surface area contributed by atoms with Crippen molar-refractivity contribution in [2.24, 2.45) is 5.73 Å². The number of esters is 1. The molecule has 0 bridgehead atoms. The first-order chi connectivity index (χ1) is 9.06. The van der Waals surface area contributed by atoms with E-state index in [0.29, 0.717) is 12.4 Å². The molecule has 1 aromatic rings. The van der Waals surface area contributed by atoms with Crippen molar-refractivity contribution in [1.82, 2.24) is 0 Å². The average molecular weight is 265 g/mol. The van der Waals surface area contributed by atoms with Gasteiger partial charge in [-0.2, -0.15) is 0 Å². The quantitative estimate of drug-likeness (QED) is 0.768. The molecule has 1 aromatic carbocycles. The Hall–Kier alpha value is -1.55. The zero-order chi connectivity index (χ0) is 14.3. The SMILES string of the molecule is CCOC(=O)C(C)Oc1ccc(CC(N)CC)cc1. The molecular weight excluding hydrogens is 242 g/mol. The molecule has 1 rings (SSSR count). The highest BCUT2D eigenvalue weighted by molar-refractivity contribution is 5.74. The summed E-state index contributed by atoms with van der Waals surface area (Å²) in [6.07, 6.45) is 1.21. The molecule has 0 amide bonds. The van der Waals surface area contributed by atoms with Crippen molar-refractivity contribution in [3.8, 4) is 5.75 Å². The van der Waals surface area contributed by atoms with Gasteiger partial charge in [0.1, 0.15) is 5.75 Å². The number of benzene rings is 1. The molecule has 0 fully saturated rings. The molecule has 0 spiro atoms. The number of carbonyl (C=O) groups is 1. The summed E-state index contributed by atoms with van der Waals surface area (Å²) >= 11 is 0. The Morgan fingerprint density at radius 2 is 1.89 bits per heavy atom. The fourth-order valence-corrected chi connectivity index (χ4v) is 1.66. The van der Waals surface area contributed by atoms with E-state index in [1.54, 1.807) is 13.8 Å². The van der Waals surface area contributed by atoms with E-state index in [4.69, 9.17) is 15.2 Å². The maximum absolute atomic E-state index is 11.4. The predicted octanol–water partition coefficient (Wildman–Crippen LogP) is 2.30. The van der Waals surface area contributed by atoms with E-state index in [0.717, 1.165) is 12.8 Å². The number of nitrogens with two attached hydrogens (primary N) is 1. The van der Waals surface area contributed by atoms with Crippen LogP contribution in [0.25, 0.3) is 0 Å². The number of carbonyl (C=O) groups excluding carboxylic acids is 1. The molecular formula is C15H23NO3. The van der Waals surface area contributed by atoms with Crippen LogP contribution < -0.4 is 10.5 Å². The maximum Gasteiger partial charge on any atom is 0.347 e. The smallest absolute Gasteiger partial charge is 0.347 e. The molecule has 0 radical (unpaired) electrons. The lowest BCUT2D eigenvalue weighted by atomic mass is 10.0. The van der Waals surface area contributed by atoms with Crippen molar-refractivity contribution in [2.75, 3.05) is 6.61 Å². The van der Waals surface area contributed by atoms with Crippen molar-refractivity contribution in [1.29, 1.82) is 0 Å². The summed E-state index contributed by atoms with van der Waals surface area (Å²) in [6, 6.07) is 7.84. The second kappa shape index (κ2) is 7.79. The number of ether oxygens (including phenoxy) is 2. The zero-order valence-corrected chi connectivity index (χ0v) is 11.9. The molecule has 0 aliphatic heterocycles. The minimum Gasteiger partial charge on any atom is -0.479 e. The highest BCUT2D eigenvalue weighted by Gasteiger charge is 2.15. The summed E-state index contributed by atoms with van der Waals surface area (Å²) in [7, 11) is 0. The van der Waals surface area contributed by atoms with Gasteiger partial charge in [0.05, 0.1) is 6.61 Å². The van der Waals surface area contributed by atoms with Crippen molar-refractivity contribution in [3.63, 3.8) is 0 Å². The molecule has 4 heteroatoms. The van der Waals surface area contributed by atoms with Gasteiger partial charge in [-0.1, -0.05) is 19.1 Å². The molecule has 2 atom stereocenters. The van der Waals surface area contributed by atoms with Crippen LogP contribution >= 0.6 is 0 Å². The largest absolute Gasteiger partial charge is 0.479 e. The van der Waals surface area contributed by atoms with Crippen molar-refractivity contribution in [2.45, 2.75) is 45.8 Å². The Balaban J connectivity index is 2.54. The minimum absolute atomic E-state index is 0.185. The zero-order valence-electron chi connectivity index (χ0n) is 11.9. The van der Waals surface area contributed by atoms with Crippen LogP contribution in [-0.2, 0) is 16.0 Å². The maximum atomic E-state index is 11.4. The third-order valence-electron chi connectivity index (χ3n) is 2.88. The van der Waals surface area contributed by atoms with E-state index in [-0.39, 0.29) is 12.0 Å². The Kier molecular flexibility index (Phi) is 6.36. The molecule has 0 aliphatic rings. The number of hydrogen-bond donors (Lipinski definition) is 1.